The predicted octanol–water partition coefficient (Wildman–Crippen LogP) is 3.65. The molecule has 0 bridgehead atoms. The first-order valence-electron chi connectivity index (χ1n) is 8.96. The van der Waals surface area contributed by atoms with Crippen molar-refractivity contribution in [3.63, 3.8) is 0 Å². The summed E-state index contributed by atoms with van der Waals surface area (Å²) in [5.74, 6) is -0.369. The highest BCUT2D eigenvalue weighted by Gasteiger charge is 2.17. The molecule has 0 fully saturated rings. The van der Waals surface area contributed by atoms with Crippen molar-refractivity contribution in [2.24, 2.45) is 0 Å². The quantitative estimate of drug-likeness (QED) is 0.500. The van der Waals surface area contributed by atoms with Gasteiger partial charge in [-0.15, -0.1) is 11.3 Å². The number of fused-ring (bicyclic) bond motifs is 1. The van der Waals surface area contributed by atoms with Crippen LogP contribution in [0.3, 0.4) is 0 Å². The molecule has 29 heavy (non-hydrogen) atoms. The van der Waals surface area contributed by atoms with Gasteiger partial charge in [0.2, 0.25) is 5.76 Å². The third-order valence-electron chi connectivity index (χ3n) is 4.50. The maximum Gasteiger partial charge on any atom is 0.371 e. The minimum atomic E-state index is -1.15. The maximum absolute atomic E-state index is 13.2. The molecule has 0 saturated heterocycles. The van der Waals surface area contributed by atoms with Crippen LogP contribution in [0.5, 0.6) is 0 Å². The van der Waals surface area contributed by atoms with E-state index < -0.39 is 5.97 Å². The summed E-state index contributed by atoms with van der Waals surface area (Å²) in [5.41, 5.74) is 0.838. The zero-order valence-corrected chi connectivity index (χ0v) is 16.4. The van der Waals surface area contributed by atoms with Crippen LogP contribution in [0, 0.1) is 0 Å². The topological polar surface area (TPSA) is 94.6 Å². The van der Waals surface area contributed by atoms with E-state index >= 15 is 0 Å². The molecular weight excluding hydrogens is 392 g/mol. The van der Waals surface area contributed by atoms with E-state index in [1.165, 1.54) is 22.0 Å². The number of carbonyl (C=O) groups is 1. The average Bonchev–Trinajstić information content (AvgIpc) is 3.37. The van der Waals surface area contributed by atoms with Gasteiger partial charge in [0, 0.05) is 18.4 Å². The number of benzene rings is 1. The number of nitrogens with zero attached hydrogens (tertiary/aromatic N) is 2. The molecule has 148 valence electrons. The highest BCUT2D eigenvalue weighted by Crippen LogP contribution is 2.31. The predicted molar refractivity (Wildman–Crippen MR) is 110 cm³/mol. The second-order valence-corrected chi connectivity index (χ2v) is 7.46. The number of carboxylic acids is 1. The van der Waals surface area contributed by atoms with Crippen LogP contribution >= 0.6 is 11.3 Å². The molecule has 0 aliphatic heterocycles. The summed E-state index contributed by atoms with van der Waals surface area (Å²) in [6, 6.07) is 14.6. The maximum atomic E-state index is 13.2. The van der Waals surface area contributed by atoms with Crippen LogP contribution in [-0.4, -0.2) is 34.3 Å². The van der Waals surface area contributed by atoms with Gasteiger partial charge in [0.25, 0.3) is 5.56 Å². The highest BCUT2D eigenvalue weighted by molar-refractivity contribution is 7.21. The number of hydrogen-bond donors (Lipinski definition) is 1. The summed E-state index contributed by atoms with van der Waals surface area (Å²) in [4.78, 5) is 30.6. The summed E-state index contributed by atoms with van der Waals surface area (Å²) in [5, 5.41) is 9.58. The summed E-state index contributed by atoms with van der Waals surface area (Å²) < 4.78 is 12.0. The Morgan fingerprint density at radius 1 is 1.24 bits per heavy atom. The third-order valence-corrected chi connectivity index (χ3v) is 5.58. The van der Waals surface area contributed by atoms with Gasteiger partial charge < -0.3 is 14.3 Å². The van der Waals surface area contributed by atoms with Crippen molar-refractivity contribution >= 4 is 27.5 Å². The molecular formula is C21H18N2O5S. The van der Waals surface area contributed by atoms with Crippen molar-refractivity contribution in [3.05, 3.63) is 76.2 Å². The van der Waals surface area contributed by atoms with Gasteiger partial charge in [-0.3, -0.25) is 9.36 Å². The number of carboxylic acid groups (broad SMARTS) is 1. The van der Waals surface area contributed by atoms with Crippen LogP contribution in [0.15, 0.2) is 57.7 Å². The Morgan fingerprint density at radius 3 is 2.72 bits per heavy atom. The number of hydrogen-bond acceptors (Lipinski definition) is 6. The SMILES string of the molecule is COCCc1nc2sc(-c3ccccc3)cc2c(=O)n1Cc1ccc(C(=O)O)o1. The largest absolute Gasteiger partial charge is 0.475 e. The van der Waals surface area contributed by atoms with Crippen LogP contribution in [0.2, 0.25) is 0 Å². The molecule has 0 radical (unpaired) electrons. The Balaban J connectivity index is 1.81. The van der Waals surface area contributed by atoms with Crippen molar-refractivity contribution in [1.29, 1.82) is 0 Å². The molecule has 4 aromatic rings. The minimum Gasteiger partial charge on any atom is -0.475 e. The lowest BCUT2D eigenvalue weighted by atomic mass is 10.2. The number of thiophene rings is 1. The molecule has 4 rings (SSSR count). The van der Waals surface area contributed by atoms with E-state index in [0.717, 1.165) is 10.4 Å². The van der Waals surface area contributed by atoms with E-state index in [2.05, 4.69) is 0 Å². The Hall–Kier alpha value is -3.23. The summed E-state index contributed by atoms with van der Waals surface area (Å²) in [7, 11) is 1.59. The van der Waals surface area contributed by atoms with Crippen LogP contribution < -0.4 is 5.56 Å². The number of methoxy groups -OCH3 is 1. The number of furan rings is 1. The van der Waals surface area contributed by atoms with Crippen molar-refractivity contribution in [3.8, 4) is 10.4 Å². The molecule has 7 nitrogen and oxygen atoms in total. The summed E-state index contributed by atoms with van der Waals surface area (Å²) in [6.07, 6.45) is 0.451. The number of ether oxygens (including phenoxy) is 1. The minimum absolute atomic E-state index is 0.102. The van der Waals surface area contributed by atoms with Gasteiger partial charge in [0.1, 0.15) is 16.4 Å². The lowest BCUT2D eigenvalue weighted by Crippen LogP contribution is -2.26. The van der Waals surface area contributed by atoms with Gasteiger partial charge in [0.05, 0.1) is 18.5 Å². The first kappa shape index (κ1) is 19.1. The zero-order valence-electron chi connectivity index (χ0n) is 15.6. The Morgan fingerprint density at radius 2 is 2.03 bits per heavy atom. The van der Waals surface area contributed by atoms with Gasteiger partial charge in [-0.2, -0.15) is 0 Å². The Bertz CT molecular complexity index is 1220. The molecule has 0 spiro atoms. The normalized spacial score (nSPS) is 11.2. The van der Waals surface area contributed by atoms with Crippen molar-refractivity contribution in [1.82, 2.24) is 9.55 Å². The van der Waals surface area contributed by atoms with Gasteiger partial charge in [-0.1, -0.05) is 30.3 Å². The second-order valence-electron chi connectivity index (χ2n) is 6.43. The van der Waals surface area contributed by atoms with Crippen LogP contribution in [0.4, 0.5) is 0 Å². The highest BCUT2D eigenvalue weighted by atomic mass is 32.1. The first-order valence-corrected chi connectivity index (χ1v) is 9.78. The number of rotatable bonds is 7. The molecule has 3 heterocycles. The molecule has 0 saturated carbocycles. The van der Waals surface area contributed by atoms with Crippen molar-refractivity contribution in [2.45, 2.75) is 13.0 Å². The fraction of sp³-hybridized carbons (Fsp3) is 0.190. The lowest BCUT2D eigenvalue weighted by Gasteiger charge is -2.10. The molecule has 8 heteroatoms. The fourth-order valence-corrected chi connectivity index (χ4v) is 4.13. The third kappa shape index (κ3) is 3.85. The van der Waals surface area contributed by atoms with E-state index in [0.29, 0.717) is 34.8 Å². The molecule has 0 aliphatic carbocycles. The fourth-order valence-electron chi connectivity index (χ4n) is 3.08. The average molecular weight is 410 g/mol. The van der Waals surface area contributed by atoms with E-state index in [4.69, 9.17) is 19.2 Å². The summed E-state index contributed by atoms with van der Waals surface area (Å²) >= 11 is 1.47. The van der Waals surface area contributed by atoms with E-state index in [1.807, 2.05) is 36.4 Å². The van der Waals surface area contributed by atoms with Gasteiger partial charge in [0.15, 0.2) is 0 Å². The van der Waals surface area contributed by atoms with Gasteiger partial charge >= 0.3 is 5.97 Å². The standard InChI is InChI=1S/C21H18N2O5S/c1-27-10-9-18-22-19-15(11-17(29-19)13-5-3-2-4-6-13)20(24)23(18)12-14-7-8-16(28-14)21(25)26/h2-8,11H,9-10,12H2,1H3,(H,25,26). The van der Waals surface area contributed by atoms with E-state index in [-0.39, 0.29) is 17.9 Å². The second kappa shape index (κ2) is 8.02. The number of aromatic nitrogens is 2. The molecule has 0 aliphatic rings. The van der Waals surface area contributed by atoms with E-state index in [9.17, 15) is 9.59 Å². The molecule has 0 unspecified atom stereocenters. The molecule has 1 N–H and O–H groups in total. The van der Waals surface area contributed by atoms with Crippen LogP contribution in [0.1, 0.15) is 22.1 Å². The summed E-state index contributed by atoms with van der Waals surface area (Å²) in [6.45, 7) is 0.512. The smallest absolute Gasteiger partial charge is 0.371 e. The lowest BCUT2D eigenvalue weighted by molar-refractivity contribution is 0.0660. The molecule has 1 aromatic carbocycles. The monoisotopic (exact) mass is 410 g/mol. The van der Waals surface area contributed by atoms with E-state index in [1.54, 1.807) is 13.2 Å². The molecule has 0 amide bonds. The van der Waals surface area contributed by atoms with Crippen molar-refractivity contribution < 1.29 is 19.1 Å². The van der Waals surface area contributed by atoms with Crippen molar-refractivity contribution in [2.75, 3.05) is 13.7 Å². The molecule has 0 atom stereocenters. The van der Waals surface area contributed by atoms with Crippen LogP contribution in [-0.2, 0) is 17.7 Å². The van der Waals surface area contributed by atoms with Gasteiger partial charge in [-0.05, 0) is 23.8 Å². The molecule has 3 aromatic heterocycles. The Kier molecular flexibility index (Phi) is 5.28. The Labute approximate surface area is 169 Å². The number of aromatic carboxylic acids is 1. The first-order chi connectivity index (χ1) is 14.1. The van der Waals surface area contributed by atoms with Crippen LogP contribution in [0.25, 0.3) is 20.7 Å². The van der Waals surface area contributed by atoms with Gasteiger partial charge in [-0.25, -0.2) is 9.78 Å². The zero-order chi connectivity index (χ0) is 20.4.